The third kappa shape index (κ3) is 5.07. The fourth-order valence-corrected chi connectivity index (χ4v) is 1.98. The molecule has 2 atom stereocenters. The minimum absolute atomic E-state index is 0.229. The lowest BCUT2D eigenvalue weighted by molar-refractivity contribution is 0.182. The van der Waals surface area contributed by atoms with E-state index in [1.54, 1.807) is 12.4 Å². The number of aliphatic imine (C=N–C) groups is 2. The van der Waals surface area contributed by atoms with Crippen molar-refractivity contribution < 1.29 is 19.1 Å². The van der Waals surface area contributed by atoms with Crippen molar-refractivity contribution in [3.05, 3.63) is 0 Å². The molecule has 0 spiro atoms. The van der Waals surface area contributed by atoms with Gasteiger partial charge in [-0.2, -0.15) is 9.98 Å². The zero-order valence-corrected chi connectivity index (χ0v) is 10.7. The van der Waals surface area contributed by atoms with Gasteiger partial charge in [-0.1, -0.05) is 6.42 Å². The molecule has 1 aliphatic carbocycles. The smallest absolute Gasteiger partial charge is 0.432 e. The van der Waals surface area contributed by atoms with Gasteiger partial charge >= 0.3 is 12.2 Å². The number of carbonyl (C=O) groups is 2. The maximum Gasteiger partial charge on any atom is 0.432 e. The molecule has 0 aromatic carbocycles. The molecule has 0 N–H and O–H groups in total. The maximum absolute atomic E-state index is 10.9. The second-order valence-corrected chi connectivity index (χ2v) is 4.18. The van der Waals surface area contributed by atoms with Crippen LogP contribution in [0.15, 0.2) is 9.98 Å². The highest BCUT2D eigenvalue weighted by molar-refractivity contribution is 5.82. The minimum Gasteiger partial charge on any atom is -0.451 e. The quantitative estimate of drug-likeness (QED) is 0.709. The summed E-state index contributed by atoms with van der Waals surface area (Å²) in [5.74, 6) is 0.457. The monoisotopic (exact) mass is 254 g/mol. The Morgan fingerprint density at radius 1 is 1.00 bits per heavy atom. The normalized spacial score (nSPS) is 24.3. The van der Waals surface area contributed by atoms with E-state index in [2.05, 4.69) is 19.5 Å². The summed E-state index contributed by atoms with van der Waals surface area (Å²) in [5.41, 5.74) is 0. The molecule has 100 valence electrons. The average Bonchev–Trinajstić information content (AvgIpc) is 2.42. The van der Waals surface area contributed by atoms with Gasteiger partial charge in [0.15, 0.2) is 0 Å². The highest BCUT2D eigenvalue weighted by Crippen LogP contribution is 2.26. The summed E-state index contributed by atoms with van der Waals surface area (Å²) in [6.45, 7) is 0. The fourth-order valence-electron chi connectivity index (χ4n) is 1.98. The van der Waals surface area contributed by atoms with Gasteiger partial charge in [0.05, 0.1) is 14.2 Å². The van der Waals surface area contributed by atoms with Crippen LogP contribution < -0.4 is 0 Å². The average molecular weight is 254 g/mol. The molecule has 2 amide bonds. The molecule has 0 bridgehead atoms. The second-order valence-electron chi connectivity index (χ2n) is 4.18. The standard InChI is InChI=1S/C12H18N2O4/c1-17-11(15)13-7-9-4-3-5-10(6-9)8-14-12(16)18-2/h7-10H,3-6H2,1-2H3/b13-7+,14-8+. The Labute approximate surface area is 106 Å². The van der Waals surface area contributed by atoms with Crippen molar-refractivity contribution >= 4 is 24.6 Å². The molecule has 0 aromatic rings. The fraction of sp³-hybridized carbons (Fsp3) is 0.667. The summed E-state index contributed by atoms with van der Waals surface area (Å²) in [6, 6.07) is 0. The molecule has 6 nitrogen and oxygen atoms in total. The van der Waals surface area contributed by atoms with Crippen molar-refractivity contribution in [2.75, 3.05) is 14.2 Å². The van der Waals surface area contributed by atoms with E-state index < -0.39 is 12.2 Å². The van der Waals surface area contributed by atoms with Crippen LogP contribution in [-0.4, -0.2) is 38.8 Å². The lowest BCUT2D eigenvalue weighted by Crippen LogP contribution is -2.18. The van der Waals surface area contributed by atoms with Crippen molar-refractivity contribution in [3.63, 3.8) is 0 Å². The van der Waals surface area contributed by atoms with Crippen molar-refractivity contribution in [1.29, 1.82) is 0 Å². The van der Waals surface area contributed by atoms with Gasteiger partial charge in [-0.3, -0.25) is 0 Å². The highest BCUT2D eigenvalue weighted by atomic mass is 16.5. The van der Waals surface area contributed by atoms with Crippen LogP contribution in [0, 0.1) is 11.8 Å². The van der Waals surface area contributed by atoms with Crippen LogP contribution in [0.4, 0.5) is 9.59 Å². The topological polar surface area (TPSA) is 77.3 Å². The number of hydrogen-bond donors (Lipinski definition) is 0. The van der Waals surface area contributed by atoms with Crippen LogP contribution in [0.25, 0.3) is 0 Å². The molecule has 6 heteroatoms. The van der Waals surface area contributed by atoms with E-state index in [-0.39, 0.29) is 11.8 Å². The van der Waals surface area contributed by atoms with Crippen LogP contribution >= 0.6 is 0 Å². The molecule has 18 heavy (non-hydrogen) atoms. The molecule has 0 radical (unpaired) electrons. The molecule has 0 saturated heterocycles. The van der Waals surface area contributed by atoms with Crippen molar-refractivity contribution in [2.24, 2.45) is 21.8 Å². The van der Waals surface area contributed by atoms with Crippen LogP contribution in [-0.2, 0) is 9.47 Å². The van der Waals surface area contributed by atoms with Crippen molar-refractivity contribution in [3.8, 4) is 0 Å². The number of carbonyl (C=O) groups excluding carboxylic acids is 2. The molecule has 0 aliphatic heterocycles. The Morgan fingerprint density at radius 3 is 1.83 bits per heavy atom. The van der Waals surface area contributed by atoms with Crippen LogP contribution in [0.5, 0.6) is 0 Å². The Morgan fingerprint density at radius 2 is 1.44 bits per heavy atom. The lowest BCUT2D eigenvalue weighted by atomic mass is 9.82. The summed E-state index contributed by atoms with van der Waals surface area (Å²) >= 11 is 0. The minimum atomic E-state index is -0.583. The van der Waals surface area contributed by atoms with E-state index in [0.29, 0.717) is 0 Å². The summed E-state index contributed by atoms with van der Waals surface area (Å²) in [5, 5.41) is 0. The Hall–Kier alpha value is -1.72. The molecule has 1 fully saturated rings. The zero-order valence-electron chi connectivity index (χ0n) is 10.7. The van der Waals surface area contributed by atoms with E-state index in [9.17, 15) is 9.59 Å². The number of ether oxygens (including phenoxy) is 2. The molecule has 2 unspecified atom stereocenters. The molecule has 1 aliphatic rings. The first kappa shape index (κ1) is 14.3. The first-order valence-corrected chi connectivity index (χ1v) is 5.90. The third-order valence-corrected chi connectivity index (χ3v) is 2.89. The second kappa shape index (κ2) is 7.58. The Bertz CT molecular complexity index is 320. The third-order valence-electron chi connectivity index (χ3n) is 2.89. The van der Waals surface area contributed by atoms with Crippen LogP contribution in [0.3, 0.4) is 0 Å². The van der Waals surface area contributed by atoms with Gasteiger partial charge < -0.3 is 9.47 Å². The van der Waals surface area contributed by atoms with Crippen molar-refractivity contribution in [1.82, 2.24) is 0 Å². The van der Waals surface area contributed by atoms with E-state index in [1.807, 2.05) is 0 Å². The summed E-state index contributed by atoms with van der Waals surface area (Å²) < 4.78 is 8.87. The molecular formula is C12H18N2O4. The van der Waals surface area contributed by atoms with Gasteiger partial charge in [0.25, 0.3) is 0 Å². The number of rotatable bonds is 2. The first-order valence-electron chi connectivity index (χ1n) is 5.90. The van der Waals surface area contributed by atoms with Crippen molar-refractivity contribution in [2.45, 2.75) is 25.7 Å². The maximum atomic E-state index is 10.9. The van der Waals surface area contributed by atoms with Crippen LogP contribution in [0.1, 0.15) is 25.7 Å². The van der Waals surface area contributed by atoms with Gasteiger partial charge in [-0.05, 0) is 31.1 Å². The number of hydrogen-bond acceptors (Lipinski definition) is 4. The van der Waals surface area contributed by atoms with E-state index in [1.165, 1.54) is 14.2 Å². The summed E-state index contributed by atoms with van der Waals surface area (Å²) in [6.07, 6.45) is 5.93. The molecule has 0 heterocycles. The van der Waals surface area contributed by atoms with E-state index in [0.717, 1.165) is 25.7 Å². The number of nitrogens with zero attached hydrogens (tertiary/aromatic N) is 2. The van der Waals surface area contributed by atoms with E-state index >= 15 is 0 Å². The lowest BCUT2D eigenvalue weighted by Gasteiger charge is -2.23. The van der Waals surface area contributed by atoms with Gasteiger partial charge in [0.1, 0.15) is 0 Å². The van der Waals surface area contributed by atoms with Gasteiger partial charge in [0, 0.05) is 12.4 Å². The zero-order chi connectivity index (χ0) is 13.4. The molecular weight excluding hydrogens is 236 g/mol. The van der Waals surface area contributed by atoms with Gasteiger partial charge in [-0.25, -0.2) is 9.59 Å². The van der Waals surface area contributed by atoms with Gasteiger partial charge in [-0.15, -0.1) is 0 Å². The Balaban J connectivity index is 2.46. The highest BCUT2D eigenvalue weighted by Gasteiger charge is 2.20. The molecule has 0 aromatic heterocycles. The number of methoxy groups -OCH3 is 2. The molecule has 1 saturated carbocycles. The Kier molecular flexibility index (Phi) is 6.04. The summed E-state index contributed by atoms with van der Waals surface area (Å²) in [4.78, 5) is 29.1. The van der Waals surface area contributed by atoms with Gasteiger partial charge in [0.2, 0.25) is 0 Å². The van der Waals surface area contributed by atoms with Crippen LogP contribution in [0.2, 0.25) is 0 Å². The first-order chi connectivity index (χ1) is 8.65. The number of amides is 2. The predicted octanol–water partition coefficient (Wildman–Crippen LogP) is 2.47. The molecule has 1 rings (SSSR count). The largest absolute Gasteiger partial charge is 0.451 e. The SMILES string of the molecule is COC(=O)/N=C/C1CCCC(/C=N/C(=O)OC)C1. The van der Waals surface area contributed by atoms with E-state index in [4.69, 9.17) is 0 Å². The summed E-state index contributed by atoms with van der Waals surface area (Å²) in [7, 11) is 2.60. The predicted molar refractivity (Wildman–Crippen MR) is 67.2 cm³/mol.